The minimum Gasteiger partial charge on any atom is -0.306 e. The number of halogens is 2. The summed E-state index contributed by atoms with van der Waals surface area (Å²) in [6.07, 6.45) is 3.55. The van der Waals surface area contributed by atoms with Gasteiger partial charge in [0, 0.05) is 26.3 Å². The topological polar surface area (TPSA) is 47.7 Å². The molecule has 0 aliphatic carbocycles. The number of nitrogens with zero attached hydrogens (tertiary/aromatic N) is 4. The molecule has 106 valence electrons. The number of hydrogen-bond donors (Lipinski definition) is 1. The fraction of sp³-hybridized carbons (Fsp3) is 0.500. The van der Waals surface area contributed by atoms with Crippen LogP contribution >= 0.6 is 12.4 Å². The normalized spacial score (nSPS) is 10.5. The molecule has 0 bridgehead atoms. The van der Waals surface area contributed by atoms with Gasteiger partial charge in [-0.25, -0.2) is 4.39 Å². The number of aryl methyl sites for hydroxylation is 3. The summed E-state index contributed by atoms with van der Waals surface area (Å²) < 4.78 is 15.8. The Balaban J connectivity index is 0.00000180. The van der Waals surface area contributed by atoms with E-state index in [1.165, 1.54) is 5.56 Å². The molecule has 0 aromatic carbocycles. The van der Waals surface area contributed by atoms with Crippen molar-refractivity contribution < 1.29 is 4.39 Å². The van der Waals surface area contributed by atoms with Gasteiger partial charge in [-0.3, -0.25) is 9.36 Å². The minimum absolute atomic E-state index is 0. The van der Waals surface area contributed by atoms with Crippen molar-refractivity contribution >= 4 is 12.4 Å². The van der Waals surface area contributed by atoms with Gasteiger partial charge in [0.15, 0.2) is 0 Å². The number of rotatable bonds is 6. The van der Waals surface area contributed by atoms with Gasteiger partial charge >= 0.3 is 0 Å². The zero-order valence-electron chi connectivity index (χ0n) is 11.1. The highest BCUT2D eigenvalue weighted by Crippen LogP contribution is 2.05. The first kappa shape index (κ1) is 15.7. The predicted octanol–water partition coefficient (Wildman–Crippen LogP) is 1.61. The summed E-state index contributed by atoms with van der Waals surface area (Å²) in [6.45, 7) is 3.37. The van der Waals surface area contributed by atoms with Crippen LogP contribution in [0, 0.1) is 6.92 Å². The van der Waals surface area contributed by atoms with Crippen LogP contribution in [0.5, 0.6) is 0 Å². The fourth-order valence-electron chi connectivity index (χ4n) is 1.93. The molecule has 7 heteroatoms. The average Bonchev–Trinajstić information content (AvgIpc) is 2.91. The lowest BCUT2D eigenvalue weighted by atomic mass is 10.2. The summed E-state index contributed by atoms with van der Waals surface area (Å²) in [7, 11) is 1.93. The lowest BCUT2D eigenvalue weighted by Gasteiger charge is -2.08. The third kappa shape index (κ3) is 3.78. The summed E-state index contributed by atoms with van der Waals surface area (Å²) in [4.78, 5) is 0. The molecule has 0 atom stereocenters. The monoisotopic (exact) mass is 287 g/mol. The molecular weight excluding hydrogens is 269 g/mol. The fourth-order valence-corrected chi connectivity index (χ4v) is 1.93. The minimum atomic E-state index is -0.393. The SMILES string of the molecule is Cc1cnn(C)c1CNCc1ccnn1CCF.Cl. The molecule has 19 heavy (non-hydrogen) atoms. The van der Waals surface area contributed by atoms with Crippen LogP contribution in [0.1, 0.15) is 17.0 Å². The molecular formula is C12H19ClFN5. The third-order valence-corrected chi connectivity index (χ3v) is 2.97. The van der Waals surface area contributed by atoms with Gasteiger partial charge in [0.05, 0.1) is 24.1 Å². The maximum absolute atomic E-state index is 12.3. The average molecular weight is 288 g/mol. The molecule has 2 aromatic heterocycles. The predicted molar refractivity (Wildman–Crippen MR) is 73.9 cm³/mol. The molecule has 0 spiro atoms. The first-order chi connectivity index (χ1) is 8.72. The van der Waals surface area contributed by atoms with Crippen LogP contribution in [0.3, 0.4) is 0 Å². The van der Waals surface area contributed by atoms with Gasteiger partial charge in [0.25, 0.3) is 0 Å². The smallest absolute Gasteiger partial charge is 0.109 e. The number of aromatic nitrogens is 4. The largest absolute Gasteiger partial charge is 0.306 e. The number of nitrogens with one attached hydrogen (secondary N) is 1. The van der Waals surface area contributed by atoms with Gasteiger partial charge in [-0.1, -0.05) is 0 Å². The van der Waals surface area contributed by atoms with E-state index >= 15 is 0 Å². The van der Waals surface area contributed by atoms with E-state index in [1.54, 1.807) is 10.9 Å². The van der Waals surface area contributed by atoms with E-state index in [-0.39, 0.29) is 12.4 Å². The Labute approximate surface area is 118 Å². The van der Waals surface area contributed by atoms with Crippen molar-refractivity contribution in [2.24, 2.45) is 7.05 Å². The maximum Gasteiger partial charge on any atom is 0.109 e. The second-order valence-electron chi connectivity index (χ2n) is 4.24. The van der Waals surface area contributed by atoms with Crippen LogP contribution < -0.4 is 5.32 Å². The van der Waals surface area contributed by atoms with Gasteiger partial charge < -0.3 is 5.32 Å². The summed E-state index contributed by atoms with van der Waals surface area (Å²) >= 11 is 0. The van der Waals surface area contributed by atoms with E-state index in [0.717, 1.165) is 17.9 Å². The Morgan fingerprint density at radius 1 is 1.32 bits per heavy atom. The van der Waals surface area contributed by atoms with Crippen LogP contribution in [-0.2, 0) is 26.7 Å². The Kier molecular flexibility index (Phi) is 5.98. The van der Waals surface area contributed by atoms with Gasteiger partial charge in [-0.15, -0.1) is 12.4 Å². The zero-order chi connectivity index (χ0) is 13.0. The molecule has 0 aliphatic rings. The summed E-state index contributed by atoms with van der Waals surface area (Å²) in [5.41, 5.74) is 3.32. The summed E-state index contributed by atoms with van der Waals surface area (Å²) in [5.74, 6) is 0. The number of hydrogen-bond acceptors (Lipinski definition) is 3. The first-order valence-electron chi connectivity index (χ1n) is 5.97. The summed E-state index contributed by atoms with van der Waals surface area (Å²) in [6, 6.07) is 1.90. The van der Waals surface area contributed by atoms with Crippen molar-refractivity contribution in [3.8, 4) is 0 Å². The highest BCUT2D eigenvalue weighted by molar-refractivity contribution is 5.85. The van der Waals surface area contributed by atoms with Crippen molar-refractivity contribution in [2.75, 3.05) is 6.67 Å². The molecule has 2 rings (SSSR count). The molecule has 0 saturated heterocycles. The van der Waals surface area contributed by atoms with Gasteiger partial charge in [-0.05, 0) is 18.6 Å². The highest BCUT2D eigenvalue weighted by atomic mass is 35.5. The van der Waals surface area contributed by atoms with Crippen molar-refractivity contribution in [1.29, 1.82) is 0 Å². The molecule has 0 radical (unpaired) electrons. The standard InChI is InChI=1S/C12H18FN5.ClH/c1-10-7-16-17(2)12(10)9-14-8-11-3-5-15-18(11)6-4-13;/h3,5,7,14H,4,6,8-9H2,1-2H3;1H. The molecule has 0 saturated carbocycles. The van der Waals surface area contributed by atoms with Crippen molar-refractivity contribution in [1.82, 2.24) is 24.9 Å². The van der Waals surface area contributed by atoms with Crippen LogP contribution in [0.4, 0.5) is 4.39 Å². The van der Waals surface area contributed by atoms with E-state index in [1.807, 2.05) is 30.9 Å². The summed E-state index contributed by atoms with van der Waals surface area (Å²) in [5, 5.41) is 11.6. The van der Waals surface area contributed by atoms with E-state index in [2.05, 4.69) is 15.5 Å². The molecule has 2 heterocycles. The van der Waals surface area contributed by atoms with Gasteiger partial charge in [0.2, 0.25) is 0 Å². The van der Waals surface area contributed by atoms with E-state index in [4.69, 9.17) is 0 Å². The molecule has 5 nitrogen and oxygen atoms in total. The lowest BCUT2D eigenvalue weighted by molar-refractivity contribution is 0.416. The van der Waals surface area contributed by atoms with Crippen molar-refractivity contribution in [3.63, 3.8) is 0 Å². The quantitative estimate of drug-likeness (QED) is 0.878. The van der Waals surface area contributed by atoms with Crippen LogP contribution in [0.25, 0.3) is 0 Å². The Morgan fingerprint density at radius 2 is 2.11 bits per heavy atom. The Hall–Kier alpha value is -1.40. The van der Waals surface area contributed by atoms with E-state index in [0.29, 0.717) is 13.1 Å². The number of alkyl halides is 1. The molecule has 2 aromatic rings. The molecule has 0 unspecified atom stereocenters. The van der Waals surface area contributed by atoms with E-state index < -0.39 is 6.67 Å². The molecule has 0 fully saturated rings. The van der Waals surface area contributed by atoms with Crippen LogP contribution in [0.15, 0.2) is 18.5 Å². The van der Waals surface area contributed by atoms with Gasteiger partial charge in [-0.2, -0.15) is 10.2 Å². The van der Waals surface area contributed by atoms with E-state index in [9.17, 15) is 4.39 Å². The lowest BCUT2D eigenvalue weighted by Crippen LogP contribution is -2.19. The van der Waals surface area contributed by atoms with Crippen LogP contribution in [-0.4, -0.2) is 26.2 Å². The van der Waals surface area contributed by atoms with Crippen molar-refractivity contribution in [2.45, 2.75) is 26.6 Å². The molecule has 1 N–H and O–H groups in total. The van der Waals surface area contributed by atoms with Gasteiger partial charge in [0.1, 0.15) is 6.67 Å². The highest BCUT2D eigenvalue weighted by Gasteiger charge is 2.05. The zero-order valence-corrected chi connectivity index (χ0v) is 12.0. The maximum atomic E-state index is 12.3. The van der Waals surface area contributed by atoms with Crippen molar-refractivity contribution in [3.05, 3.63) is 35.4 Å². The first-order valence-corrected chi connectivity index (χ1v) is 5.97. The van der Waals surface area contributed by atoms with Crippen LogP contribution in [0.2, 0.25) is 0 Å². The Bertz CT molecular complexity index is 488. The molecule has 0 amide bonds. The second kappa shape index (κ2) is 7.25. The third-order valence-electron chi connectivity index (χ3n) is 2.97. The second-order valence-corrected chi connectivity index (χ2v) is 4.24. The Morgan fingerprint density at radius 3 is 2.74 bits per heavy atom. The molecule has 0 aliphatic heterocycles.